The highest BCUT2D eigenvalue weighted by Gasteiger charge is 2.11. The molecule has 14 heavy (non-hydrogen) atoms. The largest absolute Gasteiger partial charge is 0.327 e. The van der Waals surface area contributed by atoms with Crippen LogP contribution in [0.15, 0.2) is 22.8 Å². The number of carbonyl (C=O) groups is 1. The average Bonchev–Trinajstić information content (AvgIpc) is 2.18. The monoisotopic (exact) mass is 253 g/mol. The lowest BCUT2D eigenvalue weighted by Gasteiger charge is -2.11. The predicted molar refractivity (Wildman–Crippen MR) is 54.5 cm³/mol. The molecular weight excluding hydrogens is 246 g/mol. The van der Waals surface area contributed by atoms with E-state index in [1.54, 1.807) is 25.4 Å². The van der Waals surface area contributed by atoms with E-state index >= 15 is 0 Å². The SMILES string of the molecule is CN(CC#N)C(=O)c1ccc(Br)cn1. The van der Waals surface area contributed by atoms with Gasteiger partial charge >= 0.3 is 0 Å². The van der Waals surface area contributed by atoms with E-state index in [2.05, 4.69) is 20.9 Å². The van der Waals surface area contributed by atoms with E-state index in [-0.39, 0.29) is 12.5 Å². The minimum absolute atomic E-state index is 0.0660. The molecule has 1 aromatic rings. The van der Waals surface area contributed by atoms with Gasteiger partial charge in [-0.2, -0.15) is 5.26 Å². The fourth-order valence-corrected chi connectivity index (χ4v) is 1.11. The van der Waals surface area contributed by atoms with Gasteiger partial charge in [-0.3, -0.25) is 4.79 Å². The van der Waals surface area contributed by atoms with E-state index in [4.69, 9.17) is 5.26 Å². The van der Waals surface area contributed by atoms with Crippen LogP contribution in [-0.2, 0) is 0 Å². The maximum absolute atomic E-state index is 11.5. The third-order valence-corrected chi connectivity index (χ3v) is 2.07. The molecule has 0 saturated carbocycles. The molecule has 0 radical (unpaired) electrons. The molecule has 0 fully saturated rings. The minimum atomic E-state index is -0.251. The summed E-state index contributed by atoms with van der Waals surface area (Å²) < 4.78 is 0.817. The molecule has 1 rings (SSSR count). The van der Waals surface area contributed by atoms with Crippen molar-refractivity contribution in [3.05, 3.63) is 28.5 Å². The Kier molecular flexibility index (Phi) is 3.60. The van der Waals surface area contributed by atoms with Crippen molar-refractivity contribution < 1.29 is 4.79 Å². The highest BCUT2D eigenvalue weighted by Crippen LogP contribution is 2.08. The Labute approximate surface area is 90.3 Å². The van der Waals surface area contributed by atoms with Crippen LogP contribution in [0.5, 0.6) is 0 Å². The molecule has 0 saturated heterocycles. The molecule has 0 atom stereocenters. The number of halogens is 1. The summed E-state index contributed by atoms with van der Waals surface area (Å²) in [5.41, 5.74) is 0.339. The molecule has 0 spiro atoms. The predicted octanol–water partition coefficient (Wildman–Crippen LogP) is 1.44. The van der Waals surface area contributed by atoms with Gasteiger partial charge in [0.1, 0.15) is 12.2 Å². The smallest absolute Gasteiger partial charge is 0.273 e. The molecule has 0 aliphatic rings. The van der Waals surface area contributed by atoms with Crippen molar-refractivity contribution in [1.29, 1.82) is 5.26 Å². The summed E-state index contributed by atoms with van der Waals surface area (Å²) in [6.07, 6.45) is 1.55. The molecule has 72 valence electrons. The quantitative estimate of drug-likeness (QED) is 0.750. The Hall–Kier alpha value is -1.41. The molecule has 5 heteroatoms. The summed E-state index contributed by atoms with van der Waals surface area (Å²) in [4.78, 5) is 16.8. The lowest BCUT2D eigenvalue weighted by Crippen LogP contribution is -2.27. The third kappa shape index (κ3) is 2.54. The van der Waals surface area contributed by atoms with Crippen LogP contribution < -0.4 is 0 Å². The summed E-state index contributed by atoms with van der Waals surface area (Å²) >= 11 is 3.22. The maximum Gasteiger partial charge on any atom is 0.273 e. The van der Waals surface area contributed by atoms with E-state index in [0.717, 1.165) is 4.47 Å². The number of nitrogens with zero attached hydrogens (tertiary/aromatic N) is 3. The zero-order valence-electron chi connectivity index (χ0n) is 7.57. The van der Waals surface area contributed by atoms with Gasteiger partial charge in [-0.1, -0.05) is 0 Å². The van der Waals surface area contributed by atoms with E-state index < -0.39 is 0 Å². The number of rotatable bonds is 2. The van der Waals surface area contributed by atoms with Crippen molar-refractivity contribution in [3.63, 3.8) is 0 Å². The van der Waals surface area contributed by atoms with Gasteiger partial charge in [0, 0.05) is 17.7 Å². The van der Waals surface area contributed by atoms with Crippen LogP contribution in [0, 0.1) is 11.3 Å². The van der Waals surface area contributed by atoms with Crippen LogP contribution in [0.1, 0.15) is 10.5 Å². The normalized spacial score (nSPS) is 9.21. The average molecular weight is 254 g/mol. The Morgan fingerprint density at radius 1 is 1.71 bits per heavy atom. The maximum atomic E-state index is 11.5. The Bertz CT molecular complexity index is 369. The first-order valence-electron chi connectivity index (χ1n) is 3.89. The lowest BCUT2D eigenvalue weighted by molar-refractivity contribution is 0.0806. The molecule has 0 aliphatic heterocycles. The van der Waals surface area contributed by atoms with Crippen LogP contribution in [0.25, 0.3) is 0 Å². The van der Waals surface area contributed by atoms with Crippen LogP contribution in [0.4, 0.5) is 0 Å². The summed E-state index contributed by atoms with van der Waals surface area (Å²) in [5.74, 6) is -0.251. The van der Waals surface area contributed by atoms with Gasteiger partial charge in [-0.15, -0.1) is 0 Å². The van der Waals surface area contributed by atoms with Crippen molar-refractivity contribution in [1.82, 2.24) is 9.88 Å². The van der Waals surface area contributed by atoms with Gasteiger partial charge in [0.05, 0.1) is 6.07 Å². The molecule has 0 unspecified atom stereocenters. The van der Waals surface area contributed by atoms with E-state index in [1.165, 1.54) is 4.90 Å². The molecule has 4 nitrogen and oxygen atoms in total. The molecule has 1 heterocycles. The van der Waals surface area contributed by atoms with Crippen LogP contribution in [-0.4, -0.2) is 29.4 Å². The van der Waals surface area contributed by atoms with Gasteiger partial charge in [-0.05, 0) is 28.1 Å². The number of amides is 1. The topological polar surface area (TPSA) is 57.0 Å². The van der Waals surface area contributed by atoms with Crippen LogP contribution in [0.2, 0.25) is 0 Å². The first-order valence-corrected chi connectivity index (χ1v) is 4.68. The van der Waals surface area contributed by atoms with E-state index in [9.17, 15) is 4.79 Å². The van der Waals surface area contributed by atoms with Crippen molar-refractivity contribution in [2.24, 2.45) is 0 Å². The third-order valence-electron chi connectivity index (χ3n) is 1.60. The lowest BCUT2D eigenvalue weighted by atomic mass is 10.3. The molecule has 0 aromatic carbocycles. The highest BCUT2D eigenvalue weighted by molar-refractivity contribution is 9.10. The summed E-state index contributed by atoms with van der Waals surface area (Å²) in [6.45, 7) is 0.0660. The number of hydrogen-bond acceptors (Lipinski definition) is 3. The van der Waals surface area contributed by atoms with Gasteiger partial charge in [0.2, 0.25) is 0 Å². The van der Waals surface area contributed by atoms with Crippen molar-refractivity contribution in [3.8, 4) is 6.07 Å². The van der Waals surface area contributed by atoms with Gasteiger partial charge < -0.3 is 4.90 Å². The second-order valence-electron chi connectivity index (χ2n) is 2.68. The number of carbonyl (C=O) groups excluding carboxylic acids is 1. The second-order valence-corrected chi connectivity index (χ2v) is 3.60. The van der Waals surface area contributed by atoms with Gasteiger partial charge in [-0.25, -0.2) is 4.98 Å². The van der Waals surface area contributed by atoms with Crippen molar-refractivity contribution in [2.75, 3.05) is 13.6 Å². The van der Waals surface area contributed by atoms with E-state index in [1.807, 2.05) is 6.07 Å². The summed E-state index contributed by atoms with van der Waals surface area (Å²) in [7, 11) is 1.56. The first kappa shape index (κ1) is 10.7. The molecule has 0 N–H and O–H groups in total. The van der Waals surface area contributed by atoms with Gasteiger partial charge in [0.15, 0.2) is 0 Å². The molecule has 0 bridgehead atoms. The molecule has 0 aliphatic carbocycles. The fourth-order valence-electron chi connectivity index (χ4n) is 0.876. The number of hydrogen-bond donors (Lipinski definition) is 0. The standard InChI is InChI=1S/C9H8BrN3O/c1-13(5-4-11)9(14)8-3-2-7(10)6-12-8/h2-3,6H,5H2,1H3. The van der Waals surface area contributed by atoms with Crippen LogP contribution >= 0.6 is 15.9 Å². The highest BCUT2D eigenvalue weighted by atomic mass is 79.9. The van der Waals surface area contributed by atoms with Crippen LogP contribution in [0.3, 0.4) is 0 Å². The number of nitriles is 1. The number of aromatic nitrogens is 1. The molecule has 1 aromatic heterocycles. The van der Waals surface area contributed by atoms with Crippen molar-refractivity contribution in [2.45, 2.75) is 0 Å². The molecular formula is C9H8BrN3O. The van der Waals surface area contributed by atoms with Gasteiger partial charge in [0.25, 0.3) is 5.91 Å². The minimum Gasteiger partial charge on any atom is -0.327 e. The fraction of sp³-hybridized carbons (Fsp3) is 0.222. The van der Waals surface area contributed by atoms with Crippen molar-refractivity contribution >= 4 is 21.8 Å². The zero-order chi connectivity index (χ0) is 10.6. The first-order chi connectivity index (χ1) is 6.65. The summed E-state index contributed by atoms with van der Waals surface area (Å²) in [6, 6.07) is 5.25. The Morgan fingerprint density at radius 2 is 2.43 bits per heavy atom. The Balaban J connectivity index is 2.80. The second kappa shape index (κ2) is 4.72. The Morgan fingerprint density at radius 3 is 2.93 bits per heavy atom. The van der Waals surface area contributed by atoms with E-state index in [0.29, 0.717) is 5.69 Å². The summed E-state index contributed by atoms with van der Waals surface area (Å²) in [5, 5.41) is 8.40. The zero-order valence-corrected chi connectivity index (χ0v) is 9.15. The molecule has 1 amide bonds. The number of pyridine rings is 1.